The van der Waals surface area contributed by atoms with Crippen LogP contribution in [0, 0.1) is 12.7 Å². The van der Waals surface area contributed by atoms with Crippen LogP contribution in [0.4, 0.5) is 10.2 Å². The van der Waals surface area contributed by atoms with Crippen LogP contribution in [0.5, 0.6) is 0 Å². The number of hydrogen-bond acceptors (Lipinski definition) is 6. The second kappa shape index (κ2) is 7.81. The van der Waals surface area contributed by atoms with Gasteiger partial charge in [0.2, 0.25) is 5.91 Å². The fraction of sp³-hybridized carbons (Fsp3) is 0.158. The summed E-state index contributed by atoms with van der Waals surface area (Å²) in [6, 6.07) is 14.2. The molecule has 1 N–H and O–H groups in total. The zero-order chi connectivity index (χ0) is 19.5. The zero-order valence-electron chi connectivity index (χ0n) is 14.9. The number of carbonyl (C=O) groups excluding carboxylic acids is 1. The highest BCUT2D eigenvalue weighted by molar-refractivity contribution is 7.99. The Bertz CT molecular complexity index is 1140. The second-order valence-electron chi connectivity index (χ2n) is 6.10. The van der Waals surface area contributed by atoms with E-state index in [1.807, 2.05) is 28.8 Å². The van der Waals surface area contributed by atoms with Gasteiger partial charge in [-0.15, -0.1) is 0 Å². The maximum Gasteiger partial charge on any atom is 0.236 e. The molecule has 0 bridgehead atoms. The van der Waals surface area contributed by atoms with Gasteiger partial charge in [-0.05, 0) is 30.3 Å². The summed E-state index contributed by atoms with van der Waals surface area (Å²) >= 11 is 1.27. The summed E-state index contributed by atoms with van der Waals surface area (Å²) < 4.78 is 20.6. The first kappa shape index (κ1) is 18.2. The summed E-state index contributed by atoms with van der Waals surface area (Å²) in [6.45, 7) is 2.01. The maximum atomic E-state index is 14.2. The third-order valence-corrected chi connectivity index (χ3v) is 5.12. The minimum Gasteiger partial charge on any atom is -0.314 e. The van der Waals surface area contributed by atoms with Crippen molar-refractivity contribution in [3.8, 4) is 0 Å². The molecule has 4 aromatic rings. The summed E-state index contributed by atoms with van der Waals surface area (Å²) in [5.74, 6) is -0.117. The van der Waals surface area contributed by atoms with E-state index in [2.05, 4.69) is 25.2 Å². The number of hydrogen-bond donors (Lipinski definition) is 1. The van der Waals surface area contributed by atoms with Gasteiger partial charge in [0.05, 0.1) is 23.3 Å². The van der Waals surface area contributed by atoms with Crippen molar-refractivity contribution < 1.29 is 13.8 Å². The molecule has 9 heteroatoms. The number of aryl methyl sites for hydroxylation is 1. The molecule has 4 rings (SSSR count). The molecular weight excluding hydrogens is 381 g/mol. The molecule has 0 saturated heterocycles. The van der Waals surface area contributed by atoms with Crippen molar-refractivity contribution in [2.45, 2.75) is 18.6 Å². The van der Waals surface area contributed by atoms with Crippen LogP contribution in [0.15, 0.2) is 58.3 Å². The van der Waals surface area contributed by atoms with E-state index >= 15 is 0 Å². The highest BCUT2D eigenvalue weighted by atomic mass is 32.2. The van der Waals surface area contributed by atoms with Gasteiger partial charge in [-0.25, -0.2) is 14.0 Å². The molecule has 142 valence electrons. The van der Waals surface area contributed by atoms with Gasteiger partial charge in [-0.3, -0.25) is 4.79 Å². The molecule has 7 nitrogen and oxygen atoms in total. The smallest absolute Gasteiger partial charge is 0.236 e. The summed E-state index contributed by atoms with van der Waals surface area (Å²) in [5, 5.41) is 10.5. The number of rotatable bonds is 6. The van der Waals surface area contributed by atoms with E-state index in [1.165, 1.54) is 17.8 Å². The van der Waals surface area contributed by atoms with E-state index < -0.39 is 0 Å². The monoisotopic (exact) mass is 397 g/mol. The van der Waals surface area contributed by atoms with Gasteiger partial charge in [0.1, 0.15) is 11.5 Å². The number of nitrogens with one attached hydrogen (secondary N) is 1. The number of imidazole rings is 1. The third kappa shape index (κ3) is 3.74. The first-order chi connectivity index (χ1) is 13.6. The van der Waals surface area contributed by atoms with Crippen molar-refractivity contribution in [3.05, 3.63) is 65.6 Å². The predicted molar refractivity (Wildman–Crippen MR) is 104 cm³/mol. The van der Waals surface area contributed by atoms with Crippen molar-refractivity contribution in [1.82, 2.24) is 19.9 Å². The number of nitrogens with zero attached hydrogens (tertiary/aromatic N) is 4. The minimum atomic E-state index is -0.275. The van der Waals surface area contributed by atoms with E-state index in [0.29, 0.717) is 28.8 Å². The van der Waals surface area contributed by atoms with Crippen LogP contribution in [0.25, 0.3) is 11.0 Å². The molecule has 0 aliphatic carbocycles. The standard InChI is InChI=1S/C19H16FN5O2S/c1-12-18(24-27-23-12)22-17(26)11-28-19-21-15-8-4-5-9-16(15)25(19)10-13-6-2-3-7-14(13)20/h2-9H,10-11H2,1H3,(H,22,24,26). The van der Waals surface area contributed by atoms with E-state index in [-0.39, 0.29) is 17.5 Å². The van der Waals surface area contributed by atoms with Crippen molar-refractivity contribution in [3.63, 3.8) is 0 Å². The minimum absolute atomic E-state index is 0.118. The van der Waals surface area contributed by atoms with E-state index in [1.54, 1.807) is 25.1 Å². The number of amides is 1. The quantitative estimate of drug-likeness (QED) is 0.500. The van der Waals surface area contributed by atoms with E-state index in [9.17, 15) is 9.18 Å². The number of carbonyl (C=O) groups is 1. The Morgan fingerprint density at radius 3 is 2.75 bits per heavy atom. The zero-order valence-corrected chi connectivity index (χ0v) is 15.7. The van der Waals surface area contributed by atoms with Crippen LogP contribution >= 0.6 is 11.8 Å². The molecule has 0 spiro atoms. The molecule has 0 fully saturated rings. The molecule has 28 heavy (non-hydrogen) atoms. The number of para-hydroxylation sites is 2. The Labute approximate surface area is 163 Å². The van der Waals surface area contributed by atoms with Crippen molar-refractivity contribution in [2.24, 2.45) is 0 Å². The molecule has 2 aromatic heterocycles. The second-order valence-corrected chi connectivity index (χ2v) is 7.04. The molecular formula is C19H16FN5O2S. The lowest BCUT2D eigenvalue weighted by Crippen LogP contribution is -2.15. The third-order valence-electron chi connectivity index (χ3n) is 4.15. The maximum absolute atomic E-state index is 14.2. The Morgan fingerprint density at radius 2 is 1.96 bits per heavy atom. The van der Waals surface area contributed by atoms with Crippen molar-refractivity contribution in [1.29, 1.82) is 0 Å². The Balaban J connectivity index is 1.57. The first-order valence-corrected chi connectivity index (χ1v) is 9.51. The summed E-state index contributed by atoms with van der Waals surface area (Å²) in [7, 11) is 0. The number of aromatic nitrogens is 4. The molecule has 0 aliphatic heterocycles. The Hall–Kier alpha value is -3.20. The molecule has 0 radical (unpaired) electrons. The molecule has 0 saturated carbocycles. The number of halogens is 1. The van der Waals surface area contributed by atoms with Crippen molar-refractivity contribution >= 4 is 34.5 Å². The summed E-state index contributed by atoms with van der Waals surface area (Å²) in [5.41, 5.74) is 2.73. The van der Waals surface area contributed by atoms with Gasteiger partial charge in [-0.2, -0.15) is 0 Å². The number of benzene rings is 2. The molecule has 2 aromatic carbocycles. The Kier molecular flexibility index (Phi) is 5.07. The van der Waals surface area contributed by atoms with Crippen LogP contribution in [0.3, 0.4) is 0 Å². The van der Waals surface area contributed by atoms with Crippen LogP contribution in [-0.2, 0) is 11.3 Å². The first-order valence-electron chi connectivity index (χ1n) is 8.52. The molecule has 0 atom stereocenters. The highest BCUT2D eigenvalue weighted by Crippen LogP contribution is 2.26. The largest absolute Gasteiger partial charge is 0.314 e. The normalized spacial score (nSPS) is 11.1. The number of thioether (sulfide) groups is 1. The fourth-order valence-corrected chi connectivity index (χ4v) is 3.57. The van der Waals surface area contributed by atoms with Gasteiger partial charge in [0.15, 0.2) is 11.0 Å². The van der Waals surface area contributed by atoms with Crippen LogP contribution in [-0.4, -0.2) is 31.5 Å². The van der Waals surface area contributed by atoms with Gasteiger partial charge in [0, 0.05) is 5.56 Å². The summed E-state index contributed by atoms with van der Waals surface area (Å²) in [6.07, 6.45) is 0. The lowest BCUT2D eigenvalue weighted by Gasteiger charge is -2.10. The highest BCUT2D eigenvalue weighted by Gasteiger charge is 2.16. The number of anilines is 1. The van der Waals surface area contributed by atoms with E-state index in [0.717, 1.165) is 11.0 Å². The molecule has 0 aliphatic rings. The molecule has 1 amide bonds. The van der Waals surface area contributed by atoms with Crippen LogP contribution in [0.1, 0.15) is 11.3 Å². The SMILES string of the molecule is Cc1nonc1NC(=O)CSc1nc2ccccc2n1Cc1ccccc1F. The lowest BCUT2D eigenvalue weighted by molar-refractivity contribution is -0.113. The van der Waals surface area contributed by atoms with Crippen LogP contribution in [0.2, 0.25) is 0 Å². The van der Waals surface area contributed by atoms with E-state index in [4.69, 9.17) is 0 Å². The Morgan fingerprint density at radius 1 is 1.18 bits per heavy atom. The average molecular weight is 397 g/mol. The molecule has 0 unspecified atom stereocenters. The van der Waals surface area contributed by atoms with Gasteiger partial charge >= 0.3 is 0 Å². The van der Waals surface area contributed by atoms with Crippen molar-refractivity contribution in [2.75, 3.05) is 11.1 Å². The van der Waals surface area contributed by atoms with Gasteiger partial charge < -0.3 is 9.88 Å². The topological polar surface area (TPSA) is 85.8 Å². The predicted octanol–water partition coefficient (Wildman–Crippen LogP) is 3.65. The lowest BCUT2D eigenvalue weighted by atomic mass is 10.2. The fourth-order valence-electron chi connectivity index (χ4n) is 2.76. The number of fused-ring (bicyclic) bond motifs is 1. The van der Waals surface area contributed by atoms with Gasteiger partial charge in [-0.1, -0.05) is 47.3 Å². The molecule has 2 heterocycles. The average Bonchev–Trinajstić information content (AvgIpc) is 3.25. The van der Waals surface area contributed by atoms with Gasteiger partial charge in [0.25, 0.3) is 0 Å². The van der Waals surface area contributed by atoms with Crippen LogP contribution < -0.4 is 5.32 Å². The summed E-state index contributed by atoms with van der Waals surface area (Å²) in [4.78, 5) is 16.8.